The maximum Gasteiger partial charge on any atom is 0.193 e. The average Bonchev–Trinajstić information content (AvgIpc) is 3.12. The van der Waals surface area contributed by atoms with E-state index in [4.69, 9.17) is 0 Å². The highest BCUT2D eigenvalue weighted by Crippen LogP contribution is 2.27. The molecule has 3 rings (SSSR count). The second kappa shape index (κ2) is 7.47. The number of likely N-dealkylation sites (tertiary alicyclic amines) is 1. The van der Waals surface area contributed by atoms with Gasteiger partial charge in [0.1, 0.15) is 5.82 Å². The molecule has 2 unspecified atom stereocenters. The van der Waals surface area contributed by atoms with Crippen LogP contribution in [0.15, 0.2) is 48.0 Å². The topological polar surface area (TPSA) is 45.5 Å². The molecule has 2 aromatic rings. The largest absolute Gasteiger partial charge is 0.352 e. The van der Waals surface area contributed by atoms with E-state index in [0.717, 1.165) is 25.5 Å². The standard InChI is InChI=1S/C18H24FN5/c1-14-7-9-23(12-17(14)24-10-8-21-13-24)18(20-2)22-11-15-5-3-4-6-16(15)19/h3-6,8,10,13-14,17H,7,9,11-12H2,1-2H3,(H,20,22). The Hall–Kier alpha value is -2.37. The third-order valence-electron chi connectivity index (χ3n) is 4.73. The third kappa shape index (κ3) is 3.58. The van der Waals surface area contributed by atoms with Gasteiger partial charge in [-0.2, -0.15) is 0 Å². The molecule has 1 fully saturated rings. The summed E-state index contributed by atoms with van der Waals surface area (Å²) in [7, 11) is 1.77. The minimum absolute atomic E-state index is 0.191. The van der Waals surface area contributed by atoms with Crippen LogP contribution in [0.1, 0.15) is 24.9 Å². The summed E-state index contributed by atoms with van der Waals surface area (Å²) in [5.41, 5.74) is 0.648. The first-order valence-corrected chi connectivity index (χ1v) is 8.35. The molecule has 1 N–H and O–H groups in total. The van der Waals surface area contributed by atoms with Crippen molar-refractivity contribution in [1.29, 1.82) is 0 Å². The lowest BCUT2D eigenvalue weighted by Gasteiger charge is -2.39. The summed E-state index contributed by atoms with van der Waals surface area (Å²) >= 11 is 0. The minimum atomic E-state index is -0.191. The smallest absolute Gasteiger partial charge is 0.193 e. The molecule has 128 valence electrons. The fourth-order valence-electron chi connectivity index (χ4n) is 3.24. The van der Waals surface area contributed by atoms with E-state index in [-0.39, 0.29) is 5.82 Å². The number of nitrogens with one attached hydrogen (secondary N) is 1. The summed E-state index contributed by atoms with van der Waals surface area (Å²) < 4.78 is 15.9. The highest BCUT2D eigenvalue weighted by Gasteiger charge is 2.28. The number of hydrogen-bond acceptors (Lipinski definition) is 2. The number of benzene rings is 1. The number of piperidine rings is 1. The Labute approximate surface area is 142 Å². The fraction of sp³-hybridized carbons (Fsp3) is 0.444. The Morgan fingerprint density at radius 3 is 2.96 bits per heavy atom. The maximum atomic E-state index is 13.8. The highest BCUT2D eigenvalue weighted by atomic mass is 19.1. The zero-order chi connectivity index (χ0) is 16.9. The Balaban J connectivity index is 1.66. The van der Waals surface area contributed by atoms with E-state index >= 15 is 0 Å². The van der Waals surface area contributed by atoms with Crippen LogP contribution in [0.2, 0.25) is 0 Å². The van der Waals surface area contributed by atoms with Crippen LogP contribution < -0.4 is 5.32 Å². The zero-order valence-electron chi connectivity index (χ0n) is 14.2. The van der Waals surface area contributed by atoms with E-state index in [0.29, 0.717) is 24.1 Å². The number of halogens is 1. The Morgan fingerprint density at radius 2 is 2.25 bits per heavy atom. The fourth-order valence-corrected chi connectivity index (χ4v) is 3.24. The Kier molecular flexibility index (Phi) is 5.13. The van der Waals surface area contributed by atoms with Gasteiger partial charge in [-0.15, -0.1) is 0 Å². The van der Waals surface area contributed by atoms with Crippen LogP contribution >= 0.6 is 0 Å². The minimum Gasteiger partial charge on any atom is -0.352 e. The first kappa shape index (κ1) is 16.5. The van der Waals surface area contributed by atoms with Gasteiger partial charge >= 0.3 is 0 Å². The van der Waals surface area contributed by atoms with Crippen molar-refractivity contribution in [1.82, 2.24) is 19.8 Å². The zero-order valence-corrected chi connectivity index (χ0v) is 14.2. The summed E-state index contributed by atoms with van der Waals surface area (Å²) in [5, 5.41) is 3.29. The van der Waals surface area contributed by atoms with Crippen molar-refractivity contribution < 1.29 is 4.39 Å². The summed E-state index contributed by atoms with van der Waals surface area (Å²) in [6.07, 6.45) is 6.79. The molecule has 0 saturated carbocycles. The van der Waals surface area contributed by atoms with Crippen LogP contribution in [0, 0.1) is 11.7 Å². The molecule has 1 aromatic heterocycles. The number of nitrogens with zero attached hydrogens (tertiary/aromatic N) is 4. The molecule has 1 aliphatic rings. The molecule has 5 nitrogen and oxygen atoms in total. The lowest BCUT2D eigenvalue weighted by molar-refractivity contribution is 0.189. The Morgan fingerprint density at radius 1 is 1.42 bits per heavy atom. The van der Waals surface area contributed by atoms with Crippen LogP contribution in [0.25, 0.3) is 0 Å². The van der Waals surface area contributed by atoms with Crippen LogP contribution in [0.3, 0.4) is 0 Å². The van der Waals surface area contributed by atoms with E-state index in [9.17, 15) is 4.39 Å². The van der Waals surface area contributed by atoms with Crippen LogP contribution in [-0.2, 0) is 6.54 Å². The second-order valence-corrected chi connectivity index (χ2v) is 6.28. The lowest BCUT2D eigenvalue weighted by Crippen LogP contribution is -2.48. The van der Waals surface area contributed by atoms with Gasteiger partial charge in [-0.05, 0) is 18.4 Å². The lowest BCUT2D eigenvalue weighted by atomic mass is 9.93. The first-order chi connectivity index (χ1) is 11.7. The summed E-state index contributed by atoms with van der Waals surface area (Å²) in [6.45, 7) is 4.52. The van der Waals surface area contributed by atoms with Gasteiger partial charge in [-0.1, -0.05) is 25.1 Å². The maximum absolute atomic E-state index is 13.8. The normalized spacial score (nSPS) is 21.8. The van der Waals surface area contributed by atoms with Gasteiger partial charge in [0.25, 0.3) is 0 Å². The molecular weight excluding hydrogens is 305 g/mol. The van der Waals surface area contributed by atoms with E-state index in [1.54, 1.807) is 19.2 Å². The van der Waals surface area contributed by atoms with Crippen molar-refractivity contribution in [3.63, 3.8) is 0 Å². The number of hydrogen-bond donors (Lipinski definition) is 1. The number of aromatic nitrogens is 2. The van der Waals surface area contributed by atoms with Gasteiger partial charge in [0, 0.05) is 44.6 Å². The van der Waals surface area contributed by atoms with Crippen molar-refractivity contribution in [2.24, 2.45) is 10.9 Å². The van der Waals surface area contributed by atoms with Crippen molar-refractivity contribution in [2.75, 3.05) is 20.1 Å². The number of imidazole rings is 1. The SMILES string of the molecule is CN=C(NCc1ccccc1F)N1CCC(C)C(n2ccnc2)C1. The van der Waals surface area contributed by atoms with Crippen LogP contribution in [0.5, 0.6) is 0 Å². The summed E-state index contributed by atoms with van der Waals surface area (Å²) in [6, 6.07) is 7.20. The molecule has 6 heteroatoms. The van der Waals surface area contributed by atoms with Gasteiger partial charge in [-0.3, -0.25) is 4.99 Å². The van der Waals surface area contributed by atoms with E-state index in [2.05, 4.69) is 31.7 Å². The van der Waals surface area contributed by atoms with Gasteiger partial charge < -0.3 is 14.8 Å². The molecular formula is C18H24FN5. The van der Waals surface area contributed by atoms with Crippen molar-refractivity contribution in [2.45, 2.75) is 25.9 Å². The molecule has 0 aliphatic carbocycles. The third-order valence-corrected chi connectivity index (χ3v) is 4.73. The predicted octanol–water partition coefficient (Wildman–Crippen LogP) is 2.68. The van der Waals surface area contributed by atoms with Crippen molar-refractivity contribution >= 4 is 5.96 Å². The first-order valence-electron chi connectivity index (χ1n) is 8.35. The summed E-state index contributed by atoms with van der Waals surface area (Å²) in [5.74, 6) is 1.21. The molecule has 24 heavy (non-hydrogen) atoms. The predicted molar refractivity (Wildman–Crippen MR) is 93.2 cm³/mol. The molecule has 0 spiro atoms. The number of guanidine groups is 1. The van der Waals surface area contributed by atoms with E-state index in [1.807, 2.05) is 24.8 Å². The molecule has 0 amide bonds. The highest BCUT2D eigenvalue weighted by molar-refractivity contribution is 5.80. The van der Waals surface area contributed by atoms with Gasteiger partial charge in [0.05, 0.1) is 12.4 Å². The number of rotatable bonds is 3. The van der Waals surface area contributed by atoms with E-state index in [1.165, 1.54) is 6.07 Å². The molecule has 0 bridgehead atoms. The van der Waals surface area contributed by atoms with Crippen LogP contribution in [-0.4, -0.2) is 40.5 Å². The average molecular weight is 329 g/mol. The second-order valence-electron chi connectivity index (χ2n) is 6.28. The molecule has 2 heterocycles. The molecule has 2 atom stereocenters. The quantitative estimate of drug-likeness (QED) is 0.696. The van der Waals surface area contributed by atoms with Crippen molar-refractivity contribution in [3.05, 3.63) is 54.4 Å². The monoisotopic (exact) mass is 329 g/mol. The van der Waals surface area contributed by atoms with E-state index < -0.39 is 0 Å². The molecule has 0 radical (unpaired) electrons. The van der Waals surface area contributed by atoms with Crippen LogP contribution in [0.4, 0.5) is 4.39 Å². The van der Waals surface area contributed by atoms with Crippen molar-refractivity contribution in [3.8, 4) is 0 Å². The van der Waals surface area contributed by atoms with Gasteiger partial charge in [0.15, 0.2) is 5.96 Å². The molecule has 1 aromatic carbocycles. The molecule has 1 saturated heterocycles. The number of aliphatic imine (C=N–C) groups is 1. The van der Waals surface area contributed by atoms with Gasteiger partial charge in [-0.25, -0.2) is 9.37 Å². The Bertz CT molecular complexity index is 682. The van der Waals surface area contributed by atoms with Gasteiger partial charge in [0.2, 0.25) is 0 Å². The summed E-state index contributed by atoms with van der Waals surface area (Å²) in [4.78, 5) is 10.8. The molecule has 1 aliphatic heterocycles.